The molecular weight excluding hydrogens is 238 g/mol. The van der Waals surface area contributed by atoms with E-state index in [0.29, 0.717) is 22.1 Å². The van der Waals surface area contributed by atoms with Crippen LogP contribution in [-0.4, -0.2) is 34.6 Å². The third-order valence-electron chi connectivity index (χ3n) is 2.34. The van der Waals surface area contributed by atoms with Crippen LogP contribution in [0, 0.1) is 0 Å². The maximum absolute atomic E-state index is 5.65. The van der Waals surface area contributed by atoms with E-state index in [0.717, 1.165) is 0 Å². The van der Waals surface area contributed by atoms with Crippen molar-refractivity contribution >= 4 is 22.9 Å². The van der Waals surface area contributed by atoms with Gasteiger partial charge in [0, 0.05) is 6.20 Å². The Kier molecular flexibility index (Phi) is 2.08. The summed E-state index contributed by atoms with van der Waals surface area (Å²) in [5.74, 6) is 0.681. The van der Waals surface area contributed by atoms with Crippen LogP contribution in [0.15, 0.2) is 30.7 Å². The van der Waals surface area contributed by atoms with Crippen molar-refractivity contribution in [1.29, 1.82) is 0 Å². The largest absolute Gasteiger partial charge is 0.388 e. The first-order valence-electron chi connectivity index (χ1n) is 4.77. The molecule has 84 valence electrons. The van der Waals surface area contributed by atoms with Gasteiger partial charge in [0.05, 0.1) is 18.1 Å². The van der Waals surface area contributed by atoms with E-state index in [1.807, 2.05) is 18.3 Å². The van der Waals surface area contributed by atoms with Crippen molar-refractivity contribution in [2.24, 2.45) is 5.73 Å². The molecule has 7 nitrogen and oxygen atoms in total. The van der Waals surface area contributed by atoms with Gasteiger partial charge < -0.3 is 5.73 Å². The summed E-state index contributed by atoms with van der Waals surface area (Å²) in [6.45, 7) is 0. The summed E-state index contributed by atoms with van der Waals surface area (Å²) >= 11 is 4.98. The SMILES string of the molecule is NC(=S)c1cccn1-c1cncc2nnnn12. The first-order chi connectivity index (χ1) is 8.27. The predicted molar refractivity (Wildman–Crippen MR) is 63.8 cm³/mol. The van der Waals surface area contributed by atoms with Gasteiger partial charge in [0.2, 0.25) is 0 Å². The number of hydrogen-bond acceptors (Lipinski definition) is 5. The Labute approximate surface area is 101 Å². The molecule has 17 heavy (non-hydrogen) atoms. The first kappa shape index (κ1) is 9.85. The molecule has 0 aliphatic carbocycles. The Morgan fingerprint density at radius 2 is 2.24 bits per heavy atom. The van der Waals surface area contributed by atoms with Crippen molar-refractivity contribution < 1.29 is 0 Å². The molecule has 0 aromatic carbocycles. The fourth-order valence-electron chi connectivity index (χ4n) is 1.61. The minimum atomic E-state index is 0.306. The summed E-state index contributed by atoms with van der Waals surface area (Å²) in [6, 6.07) is 3.67. The minimum Gasteiger partial charge on any atom is -0.388 e. The van der Waals surface area contributed by atoms with E-state index in [9.17, 15) is 0 Å². The molecule has 0 radical (unpaired) electrons. The molecule has 3 heterocycles. The summed E-state index contributed by atoms with van der Waals surface area (Å²) in [5.41, 5.74) is 6.92. The van der Waals surface area contributed by atoms with Crippen LogP contribution in [0.5, 0.6) is 0 Å². The summed E-state index contributed by atoms with van der Waals surface area (Å²) in [6.07, 6.45) is 5.05. The van der Waals surface area contributed by atoms with Gasteiger partial charge in [-0.1, -0.05) is 12.2 Å². The fraction of sp³-hybridized carbons (Fsp3) is 0. The number of rotatable bonds is 2. The van der Waals surface area contributed by atoms with Crippen LogP contribution in [0.3, 0.4) is 0 Å². The molecule has 0 unspecified atom stereocenters. The molecule has 0 fully saturated rings. The highest BCUT2D eigenvalue weighted by atomic mass is 32.1. The van der Waals surface area contributed by atoms with E-state index in [4.69, 9.17) is 18.0 Å². The van der Waals surface area contributed by atoms with E-state index in [1.165, 1.54) is 0 Å². The van der Waals surface area contributed by atoms with Gasteiger partial charge in [0.25, 0.3) is 0 Å². The van der Waals surface area contributed by atoms with Gasteiger partial charge in [-0.3, -0.25) is 9.55 Å². The van der Waals surface area contributed by atoms with Crippen LogP contribution >= 0.6 is 12.2 Å². The standard InChI is InChI=1S/C9H7N7S/c10-9(17)6-2-1-3-15(6)8-5-11-4-7-12-13-14-16(7)8/h1-5H,(H2,10,17). The summed E-state index contributed by atoms with van der Waals surface area (Å²) in [5, 5.41) is 11.3. The smallest absolute Gasteiger partial charge is 0.199 e. The molecule has 0 atom stereocenters. The number of nitrogens with two attached hydrogens (primary N) is 1. The number of nitrogens with zero attached hydrogens (tertiary/aromatic N) is 6. The number of fused-ring (bicyclic) bond motifs is 1. The third kappa shape index (κ3) is 1.46. The Morgan fingerprint density at radius 1 is 1.35 bits per heavy atom. The monoisotopic (exact) mass is 245 g/mol. The highest BCUT2D eigenvalue weighted by molar-refractivity contribution is 7.80. The molecule has 0 saturated heterocycles. The lowest BCUT2D eigenvalue weighted by Crippen LogP contribution is -2.16. The highest BCUT2D eigenvalue weighted by Crippen LogP contribution is 2.11. The minimum absolute atomic E-state index is 0.306. The molecule has 8 heteroatoms. The van der Waals surface area contributed by atoms with Gasteiger partial charge in [-0.25, -0.2) is 0 Å². The lowest BCUT2D eigenvalue weighted by atomic mass is 10.4. The fourth-order valence-corrected chi connectivity index (χ4v) is 1.78. The van der Waals surface area contributed by atoms with Crippen LogP contribution in [0.25, 0.3) is 11.5 Å². The zero-order chi connectivity index (χ0) is 11.8. The Balaban J connectivity index is 2.30. The van der Waals surface area contributed by atoms with E-state index in [1.54, 1.807) is 21.5 Å². The van der Waals surface area contributed by atoms with Crippen LogP contribution < -0.4 is 5.73 Å². The molecule has 0 saturated carbocycles. The molecule has 0 amide bonds. The molecule has 0 bridgehead atoms. The summed E-state index contributed by atoms with van der Waals surface area (Å²) in [7, 11) is 0. The lowest BCUT2D eigenvalue weighted by molar-refractivity contribution is 0.785. The van der Waals surface area contributed by atoms with Crippen LogP contribution in [-0.2, 0) is 0 Å². The second kappa shape index (κ2) is 3.59. The highest BCUT2D eigenvalue weighted by Gasteiger charge is 2.10. The van der Waals surface area contributed by atoms with Crippen molar-refractivity contribution in [1.82, 2.24) is 29.6 Å². The van der Waals surface area contributed by atoms with Crippen LogP contribution in [0.4, 0.5) is 0 Å². The van der Waals surface area contributed by atoms with Gasteiger partial charge in [0.1, 0.15) is 4.99 Å². The van der Waals surface area contributed by atoms with E-state index in [2.05, 4.69) is 20.5 Å². The molecule has 0 aliphatic rings. The Hall–Kier alpha value is -2.35. The van der Waals surface area contributed by atoms with Gasteiger partial charge in [-0.2, -0.15) is 4.52 Å². The van der Waals surface area contributed by atoms with Gasteiger partial charge in [-0.05, 0) is 22.6 Å². The normalized spacial score (nSPS) is 10.8. The number of thiocarbonyl (C=S) groups is 1. The van der Waals surface area contributed by atoms with Crippen molar-refractivity contribution in [2.45, 2.75) is 0 Å². The molecular formula is C9H7N7S. The van der Waals surface area contributed by atoms with Gasteiger partial charge in [-0.15, -0.1) is 5.10 Å². The molecule has 2 N–H and O–H groups in total. The third-order valence-corrected chi connectivity index (χ3v) is 2.55. The number of hydrogen-bond donors (Lipinski definition) is 1. The van der Waals surface area contributed by atoms with Crippen molar-refractivity contribution in [3.8, 4) is 5.82 Å². The van der Waals surface area contributed by atoms with Crippen LogP contribution in [0.2, 0.25) is 0 Å². The summed E-state index contributed by atoms with van der Waals surface area (Å²) in [4.78, 5) is 4.38. The maximum Gasteiger partial charge on any atom is 0.199 e. The quantitative estimate of drug-likeness (QED) is 0.637. The first-order valence-corrected chi connectivity index (χ1v) is 5.18. The topological polar surface area (TPSA) is 86.9 Å². The Morgan fingerprint density at radius 3 is 3.06 bits per heavy atom. The molecule has 3 rings (SSSR count). The molecule has 3 aromatic heterocycles. The van der Waals surface area contributed by atoms with Gasteiger partial charge in [0.15, 0.2) is 11.5 Å². The van der Waals surface area contributed by atoms with E-state index < -0.39 is 0 Å². The average molecular weight is 245 g/mol. The van der Waals surface area contributed by atoms with Gasteiger partial charge >= 0.3 is 0 Å². The molecule has 0 spiro atoms. The zero-order valence-electron chi connectivity index (χ0n) is 8.56. The number of tetrazole rings is 1. The van der Waals surface area contributed by atoms with Crippen molar-refractivity contribution in [3.63, 3.8) is 0 Å². The zero-order valence-corrected chi connectivity index (χ0v) is 9.37. The van der Waals surface area contributed by atoms with Crippen molar-refractivity contribution in [2.75, 3.05) is 0 Å². The average Bonchev–Trinajstić information content (AvgIpc) is 2.97. The van der Waals surface area contributed by atoms with E-state index in [-0.39, 0.29) is 0 Å². The number of aromatic nitrogens is 6. The lowest BCUT2D eigenvalue weighted by Gasteiger charge is -2.07. The predicted octanol–water partition coefficient (Wildman–Crippen LogP) is -0.0558. The maximum atomic E-state index is 5.65. The van der Waals surface area contributed by atoms with E-state index >= 15 is 0 Å². The second-order valence-corrected chi connectivity index (χ2v) is 3.78. The summed E-state index contributed by atoms with van der Waals surface area (Å²) < 4.78 is 3.35. The second-order valence-electron chi connectivity index (χ2n) is 3.34. The molecule has 3 aromatic rings. The van der Waals surface area contributed by atoms with Crippen LogP contribution in [0.1, 0.15) is 5.69 Å². The van der Waals surface area contributed by atoms with Crippen molar-refractivity contribution in [3.05, 3.63) is 36.4 Å². The Bertz CT molecular complexity index is 698. The molecule has 0 aliphatic heterocycles.